The monoisotopic (exact) mass is 447 g/mol. The molecule has 23 heavy (non-hydrogen) atoms. The third-order valence-electron chi connectivity index (χ3n) is 4.21. The van der Waals surface area contributed by atoms with Crippen molar-refractivity contribution in [3.05, 3.63) is 31.5 Å². The van der Waals surface area contributed by atoms with Gasteiger partial charge in [-0.15, -0.1) is 0 Å². The van der Waals surface area contributed by atoms with Crippen molar-refractivity contribution in [1.29, 1.82) is 0 Å². The molecule has 1 unspecified atom stereocenters. The number of fused-ring (bicyclic) bond motifs is 3. The molecule has 1 aliphatic heterocycles. The Kier molecular flexibility index (Phi) is 4.64. The van der Waals surface area contributed by atoms with Crippen molar-refractivity contribution < 1.29 is 14.3 Å². The summed E-state index contributed by atoms with van der Waals surface area (Å²) in [6.07, 6.45) is 2.23. The quantitative estimate of drug-likeness (QED) is 0.542. The van der Waals surface area contributed by atoms with Gasteiger partial charge in [-0.1, -0.05) is 18.5 Å². The molecule has 0 radical (unpaired) electrons. The van der Waals surface area contributed by atoms with Gasteiger partial charge in [0.15, 0.2) is 0 Å². The van der Waals surface area contributed by atoms with Crippen molar-refractivity contribution in [3.8, 4) is 0 Å². The lowest BCUT2D eigenvalue weighted by Gasteiger charge is -2.36. The first-order valence-electron chi connectivity index (χ1n) is 7.72. The van der Waals surface area contributed by atoms with E-state index in [4.69, 9.17) is 21.1 Å². The number of hydrogen-bond donors (Lipinski definition) is 1. The molecule has 1 aliphatic rings. The van der Waals surface area contributed by atoms with Crippen LogP contribution in [0.3, 0.4) is 0 Å². The first-order valence-corrected chi connectivity index (χ1v) is 9.18. The molecule has 0 amide bonds. The minimum atomic E-state index is -1.03. The van der Waals surface area contributed by atoms with Crippen molar-refractivity contribution in [1.82, 2.24) is 4.98 Å². The minimum absolute atomic E-state index is 0.345. The summed E-state index contributed by atoms with van der Waals surface area (Å²) < 4.78 is 12.8. The van der Waals surface area contributed by atoms with E-state index in [9.17, 15) is 4.79 Å². The summed E-state index contributed by atoms with van der Waals surface area (Å²) in [6, 6.07) is 1.96. The van der Waals surface area contributed by atoms with Crippen molar-refractivity contribution in [3.63, 3.8) is 0 Å². The maximum atomic E-state index is 11.7. The number of rotatable bonds is 3. The average Bonchev–Trinajstić information content (AvgIpc) is 2.86. The molecule has 2 aromatic rings. The Hall–Kier alpha value is -0.790. The Labute approximate surface area is 154 Å². The van der Waals surface area contributed by atoms with E-state index in [1.807, 2.05) is 13.0 Å². The van der Waals surface area contributed by atoms with Crippen LogP contribution in [-0.4, -0.2) is 17.6 Å². The van der Waals surface area contributed by atoms with Crippen molar-refractivity contribution >= 4 is 51.1 Å². The Morgan fingerprint density at radius 3 is 2.96 bits per heavy atom. The number of aryl methyl sites for hydroxylation is 1. The fraction of sp³-hybridized carbons (Fsp3) is 0.471. The zero-order valence-electron chi connectivity index (χ0n) is 13.4. The Bertz CT molecular complexity index is 786. The summed E-state index contributed by atoms with van der Waals surface area (Å²) >= 11 is 8.80. The highest BCUT2D eigenvalue weighted by Gasteiger charge is 2.43. The fourth-order valence-electron chi connectivity index (χ4n) is 3.34. The minimum Gasteiger partial charge on any atom is -0.427 e. The molecule has 1 atom stereocenters. The van der Waals surface area contributed by atoms with Crippen LogP contribution in [0.2, 0.25) is 5.02 Å². The molecule has 0 spiro atoms. The second kappa shape index (κ2) is 6.26. The number of H-pyrrole nitrogens is 1. The molecule has 0 saturated carbocycles. The van der Waals surface area contributed by atoms with E-state index in [-0.39, 0.29) is 5.97 Å². The van der Waals surface area contributed by atoms with Gasteiger partial charge in [-0.2, -0.15) is 0 Å². The highest BCUT2D eigenvalue weighted by Crippen LogP contribution is 2.44. The van der Waals surface area contributed by atoms with E-state index < -0.39 is 5.79 Å². The van der Waals surface area contributed by atoms with Gasteiger partial charge in [0.05, 0.1) is 22.8 Å². The normalized spacial score (nSPS) is 20.6. The van der Waals surface area contributed by atoms with Gasteiger partial charge in [-0.3, -0.25) is 4.79 Å². The molecule has 0 aliphatic carbocycles. The molecule has 4 nitrogen and oxygen atoms in total. The number of aromatic nitrogens is 1. The van der Waals surface area contributed by atoms with Crippen LogP contribution in [0.1, 0.15) is 43.5 Å². The van der Waals surface area contributed by atoms with Crippen molar-refractivity contribution in [2.45, 2.75) is 45.8 Å². The van der Waals surface area contributed by atoms with Gasteiger partial charge in [-0.05, 0) is 59.5 Å². The third kappa shape index (κ3) is 2.76. The van der Waals surface area contributed by atoms with Crippen LogP contribution >= 0.6 is 34.2 Å². The molecule has 0 bridgehead atoms. The van der Waals surface area contributed by atoms with Crippen LogP contribution in [0.4, 0.5) is 0 Å². The second-order valence-electron chi connectivity index (χ2n) is 5.91. The zero-order chi connectivity index (χ0) is 16.8. The number of esters is 1. The van der Waals surface area contributed by atoms with Gasteiger partial charge in [0, 0.05) is 22.3 Å². The van der Waals surface area contributed by atoms with Gasteiger partial charge in [0.1, 0.15) is 0 Å². The highest BCUT2D eigenvalue weighted by molar-refractivity contribution is 14.1. The van der Waals surface area contributed by atoms with Gasteiger partial charge in [0.2, 0.25) is 0 Å². The van der Waals surface area contributed by atoms with E-state index in [0.29, 0.717) is 18.1 Å². The van der Waals surface area contributed by atoms with Gasteiger partial charge < -0.3 is 14.5 Å². The number of halogens is 2. The molecule has 0 saturated heterocycles. The standard InChI is InChI=1S/C17H19ClINO3/c1-4-6-17(23-10(3)21)16-11(5-7-22-17)13-14(19)9(2)8-12(18)15(13)20-16/h8,20H,4-7H2,1-3H3. The molecule has 2 heterocycles. The Morgan fingerprint density at radius 1 is 1.57 bits per heavy atom. The van der Waals surface area contributed by atoms with Crippen LogP contribution in [0.5, 0.6) is 0 Å². The SMILES string of the molecule is CCCC1(OC(C)=O)OCCc2c1[nH]c1c(Cl)cc(C)c(I)c21. The highest BCUT2D eigenvalue weighted by atomic mass is 127. The van der Waals surface area contributed by atoms with Gasteiger partial charge >= 0.3 is 5.97 Å². The topological polar surface area (TPSA) is 51.3 Å². The van der Waals surface area contributed by atoms with Crippen LogP contribution < -0.4 is 0 Å². The van der Waals surface area contributed by atoms with E-state index in [0.717, 1.165) is 40.6 Å². The summed E-state index contributed by atoms with van der Waals surface area (Å²) in [4.78, 5) is 15.1. The largest absolute Gasteiger partial charge is 0.427 e. The van der Waals surface area contributed by atoms with E-state index in [1.54, 1.807) is 0 Å². The second-order valence-corrected chi connectivity index (χ2v) is 7.40. The number of carbonyl (C=O) groups excluding carboxylic acids is 1. The van der Waals surface area contributed by atoms with Crippen LogP contribution in [0.15, 0.2) is 6.07 Å². The van der Waals surface area contributed by atoms with E-state index in [2.05, 4.69) is 34.5 Å². The summed E-state index contributed by atoms with van der Waals surface area (Å²) in [5.74, 6) is -1.38. The van der Waals surface area contributed by atoms with Crippen molar-refractivity contribution in [2.24, 2.45) is 0 Å². The molecule has 1 aromatic carbocycles. The Morgan fingerprint density at radius 2 is 2.30 bits per heavy atom. The van der Waals surface area contributed by atoms with Gasteiger partial charge in [0.25, 0.3) is 5.79 Å². The van der Waals surface area contributed by atoms with Crippen LogP contribution in [0.25, 0.3) is 10.9 Å². The number of benzene rings is 1. The fourth-order valence-corrected chi connectivity index (χ4v) is 4.39. The molecule has 124 valence electrons. The smallest absolute Gasteiger partial charge is 0.305 e. The first-order chi connectivity index (χ1) is 10.9. The van der Waals surface area contributed by atoms with Crippen LogP contribution in [0, 0.1) is 10.5 Å². The number of aromatic amines is 1. The number of hydrogen-bond acceptors (Lipinski definition) is 3. The summed E-state index contributed by atoms with van der Waals surface area (Å²) in [5, 5.41) is 1.81. The lowest BCUT2D eigenvalue weighted by atomic mass is 9.96. The lowest BCUT2D eigenvalue weighted by Crippen LogP contribution is -2.39. The molecule has 3 rings (SSSR count). The lowest BCUT2D eigenvalue weighted by molar-refractivity contribution is -0.247. The molecular weight excluding hydrogens is 429 g/mol. The predicted molar refractivity (Wildman–Crippen MR) is 98.8 cm³/mol. The van der Waals surface area contributed by atoms with Gasteiger partial charge in [-0.25, -0.2) is 0 Å². The Balaban J connectivity index is 2.30. The third-order valence-corrected chi connectivity index (χ3v) is 5.90. The van der Waals surface area contributed by atoms with E-state index >= 15 is 0 Å². The maximum absolute atomic E-state index is 11.7. The molecule has 6 heteroatoms. The number of ether oxygens (including phenoxy) is 2. The summed E-state index contributed by atoms with van der Waals surface area (Å²) in [6.45, 7) is 6.04. The molecule has 1 N–H and O–H groups in total. The maximum Gasteiger partial charge on any atom is 0.305 e. The molecular formula is C17H19ClINO3. The predicted octanol–water partition coefficient (Wildman–Crippen LogP) is 4.82. The number of carbonyl (C=O) groups is 1. The van der Waals surface area contributed by atoms with Crippen molar-refractivity contribution in [2.75, 3.05) is 6.61 Å². The molecule has 0 fully saturated rings. The average molecular weight is 448 g/mol. The summed E-state index contributed by atoms with van der Waals surface area (Å²) in [5.41, 5.74) is 4.02. The zero-order valence-corrected chi connectivity index (χ0v) is 16.3. The molecule has 1 aromatic heterocycles. The van der Waals surface area contributed by atoms with E-state index in [1.165, 1.54) is 10.5 Å². The first kappa shape index (κ1) is 17.0. The summed E-state index contributed by atoms with van der Waals surface area (Å²) in [7, 11) is 0. The number of nitrogens with one attached hydrogen (secondary N) is 1. The van der Waals surface area contributed by atoms with Crippen LogP contribution in [-0.2, 0) is 26.5 Å².